The van der Waals surface area contributed by atoms with Gasteiger partial charge in [-0.25, -0.2) is 9.79 Å². The van der Waals surface area contributed by atoms with E-state index in [-0.39, 0.29) is 18.5 Å². The molecule has 0 fully saturated rings. The van der Waals surface area contributed by atoms with Gasteiger partial charge >= 0.3 is 5.97 Å². The second-order valence-corrected chi connectivity index (χ2v) is 3.55. The Balaban J connectivity index is 2.20. The highest BCUT2D eigenvalue weighted by Crippen LogP contribution is 2.24. The summed E-state index contributed by atoms with van der Waals surface area (Å²) in [7, 11) is 0. The van der Waals surface area contributed by atoms with E-state index in [0.29, 0.717) is 5.02 Å². The highest BCUT2D eigenvalue weighted by Gasteiger charge is 2.24. The minimum absolute atomic E-state index is 0.227. The van der Waals surface area contributed by atoms with Crippen LogP contribution in [0.4, 0.5) is 0 Å². The lowest BCUT2D eigenvalue weighted by Crippen LogP contribution is -2.12. The molecule has 0 radical (unpaired) electrons. The van der Waals surface area contributed by atoms with E-state index in [1.54, 1.807) is 12.1 Å². The Morgan fingerprint density at radius 3 is 2.67 bits per heavy atom. The van der Waals surface area contributed by atoms with Gasteiger partial charge < -0.3 is 9.84 Å². The molecular weight excluding hydrogens is 218 g/mol. The summed E-state index contributed by atoms with van der Waals surface area (Å²) in [6, 6.07) is 6.86. The van der Waals surface area contributed by atoms with Crippen molar-refractivity contribution in [1.29, 1.82) is 0 Å². The van der Waals surface area contributed by atoms with Crippen molar-refractivity contribution in [3.05, 3.63) is 34.9 Å². The van der Waals surface area contributed by atoms with Crippen LogP contribution in [-0.4, -0.2) is 23.6 Å². The molecule has 0 saturated carbocycles. The second kappa shape index (κ2) is 3.90. The molecule has 0 saturated heterocycles. The minimum atomic E-state index is -1.13. The maximum atomic E-state index is 10.6. The van der Waals surface area contributed by atoms with E-state index in [1.165, 1.54) is 0 Å². The maximum absolute atomic E-state index is 10.6. The van der Waals surface area contributed by atoms with Gasteiger partial charge in [-0.1, -0.05) is 23.7 Å². The van der Waals surface area contributed by atoms with Crippen molar-refractivity contribution in [1.82, 2.24) is 0 Å². The molecule has 0 spiro atoms. The van der Waals surface area contributed by atoms with Gasteiger partial charge in [0.05, 0.1) is 0 Å². The summed E-state index contributed by atoms with van der Waals surface area (Å²) < 4.78 is 4.93. The molecule has 1 aliphatic heterocycles. The Kier molecular flexibility index (Phi) is 2.60. The number of halogens is 1. The molecule has 0 bridgehead atoms. The number of hydrogen-bond donors (Lipinski definition) is 1. The van der Waals surface area contributed by atoms with Gasteiger partial charge in [-0.3, -0.25) is 0 Å². The number of aliphatic carboxylic acids is 1. The molecule has 1 atom stereocenters. The summed E-state index contributed by atoms with van der Waals surface area (Å²) in [5.41, 5.74) is 0.899. The third-order valence-corrected chi connectivity index (χ3v) is 2.34. The normalized spacial score (nSPS) is 19.5. The van der Waals surface area contributed by atoms with Crippen molar-refractivity contribution in [3.8, 4) is 0 Å². The molecule has 2 rings (SSSR count). The van der Waals surface area contributed by atoms with E-state index in [2.05, 4.69) is 4.99 Å². The molecule has 4 nitrogen and oxygen atoms in total. The van der Waals surface area contributed by atoms with E-state index in [0.717, 1.165) is 5.56 Å². The lowest BCUT2D eigenvalue weighted by atomic mass is 10.1. The van der Waals surface area contributed by atoms with Crippen molar-refractivity contribution in [2.24, 2.45) is 4.99 Å². The number of rotatable bonds is 2. The summed E-state index contributed by atoms with van der Waals surface area (Å²) in [5, 5.41) is 9.28. The zero-order valence-corrected chi connectivity index (χ0v) is 8.44. The fourth-order valence-corrected chi connectivity index (χ4v) is 1.47. The number of benzene rings is 1. The Morgan fingerprint density at radius 2 is 2.13 bits per heavy atom. The van der Waals surface area contributed by atoms with Crippen molar-refractivity contribution in [2.45, 2.75) is 6.04 Å². The first kappa shape index (κ1) is 9.98. The van der Waals surface area contributed by atoms with Crippen LogP contribution in [0.25, 0.3) is 0 Å². The van der Waals surface area contributed by atoms with Crippen LogP contribution >= 0.6 is 11.6 Å². The van der Waals surface area contributed by atoms with Crippen LogP contribution in [-0.2, 0) is 9.53 Å². The Labute approximate surface area is 91.2 Å². The Hall–Kier alpha value is -1.55. The van der Waals surface area contributed by atoms with Crippen LogP contribution in [0.2, 0.25) is 5.02 Å². The number of nitrogens with zero attached hydrogens (tertiary/aromatic N) is 1. The highest BCUT2D eigenvalue weighted by molar-refractivity contribution is 6.32. The molecule has 1 N–H and O–H groups in total. The predicted molar refractivity (Wildman–Crippen MR) is 55.2 cm³/mol. The molecule has 15 heavy (non-hydrogen) atoms. The van der Waals surface area contributed by atoms with E-state index < -0.39 is 5.97 Å². The number of aliphatic imine (C=N–C) groups is 1. The van der Waals surface area contributed by atoms with Gasteiger partial charge in [0.25, 0.3) is 5.90 Å². The third kappa shape index (κ3) is 2.10. The van der Waals surface area contributed by atoms with Crippen molar-refractivity contribution in [3.63, 3.8) is 0 Å². The van der Waals surface area contributed by atoms with Gasteiger partial charge in [0.2, 0.25) is 0 Å². The Bertz CT molecular complexity index is 413. The topological polar surface area (TPSA) is 58.9 Å². The van der Waals surface area contributed by atoms with Crippen LogP contribution in [0.15, 0.2) is 29.3 Å². The van der Waals surface area contributed by atoms with Crippen LogP contribution < -0.4 is 0 Å². The fourth-order valence-electron chi connectivity index (χ4n) is 1.35. The lowest BCUT2D eigenvalue weighted by molar-refractivity contribution is -0.130. The number of carboxylic acid groups (broad SMARTS) is 1. The predicted octanol–water partition coefficient (Wildman–Crippen LogP) is 1.89. The van der Waals surface area contributed by atoms with E-state index in [9.17, 15) is 4.79 Å². The quantitative estimate of drug-likeness (QED) is 0.836. The minimum Gasteiger partial charge on any atom is -0.474 e. The molecule has 0 aliphatic carbocycles. The highest BCUT2D eigenvalue weighted by atomic mass is 35.5. The molecule has 1 aliphatic rings. The molecule has 1 aromatic rings. The monoisotopic (exact) mass is 225 g/mol. The van der Waals surface area contributed by atoms with Crippen LogP contribution in [0, 0.1) is 0 Å². The summed E-state index contributed by atoms with van der Waals surface area (Å²) >= 11 is 5.74. The van der Waals surface area contributed by atoms with E-state index in [4.69, 9.17) is 21.4 Å². The van der Waals surface area contributed by atoms with E-state index in [1.807, 2.05) is 12.1 Å². The first-order chi connectivity index (χ1) is 7.16. The van der Waals surface area contributed by atoms with Gasteiger partial charge in [-0.2, -0.15) is 0 Å². The van der Waals surface area contributed by atoms with Gasteiger partial charge in [0, 0.05) is 5.02 Å². The summed E-state index contributed by atoms with van der Waals surface area (Å²) in [6.07, 6.45) is 0. The SMILES string of the molecule is O=C(O)C1=NC(c2ccc(Cl)cc2)CO1. The van der Waals surface area contributed by atoms with Crippen LogP contribution in [0.1, 0.15) is 11.6 Å². The molecular formula is C10H8ClNO3. The fraction of sp³-hybridized carbons (Fsp3) is 0.200. The maximum Gasteiger partial charge on any atom is 0.391 e. The molecule has 1 heterocycles. The summed E-state index contributed by atoms with van der Waals surface area (Å²) in [4.78, 5) is 14.5. The van der Waals surface area contributed by atoms with Gasteiger partial charge in [-0.05, 0) is 17.7 Å². The number of carboxylic acids is 1. The molecule has 0 aromatic heterocycles. The third-order valence-electron chi connectivity index (χ3n) is 2.09. The molecule has 78 valence electrons. The number of carbonyl (C=O) groups is 1. The summed E-state index contributed by atoms with van der Waals surface area (Å²) in [6.45, 7) is 0.267. The van der Waals surface area contributed by atoms with Gasteiger partial charge in [0.1, 0.15) is 12.6 Å². The first-order valence-electron chi connectivity index (χ1n) is 4.36. The molecule has 0 amide bonds. The van der Waals surface area contributed by atoms with Crippen LogP contribution in [0.3, 0.4) is 0 Å². The summed E-state index contributed by atoms with van der Waals surface area (Å²) in [5.74, 6) is -1.36. The largest absolute Gasteiger partial charge is 0.474 e. The van der Waals surface area contributed by atoms with Gasteiger partial charge in [0.15, 0.2) is 0 Å². The number of hydrogen-bond acceptors (Lipinski definition) is 3. The standard InChI is InChI=1S/C10H8ClNO3/c11-7-3-1-6(2-4-7)8-5-15-9(12-8)10(13)14/h1-4,8H,5H2,(H,13,14). The first-order valence-corrected chi connectivity index (χ1v) is 4.74. The lowest BCUT2D eigenvalue weighted by Gasteiger charge is -2.04. The van der Waals surface area contributed by atoms with Crippen molar-refractivity contribution >= 4 is 23.5 Å². The average molecular weight is 226 g/mol. The average Bonchev–Trinajstić information content (AvgIpc) is 2.68. The smallest absolute Gasteiger partial charge is 0.391 e. The zero-order chi connectivity index (χ0) is 10.8. The number of ether oxygens (including phenoxy) is 1. The van der Waals surface area contributed by atoms with Crippen molar-refractivity contribution in [2.75, 3.05) is 6.61 Å². The molecule has 1 aromatic carbocycles. The Morgan fingerprint density at radius 1 is 1.47 bits per heavy atom. The molecule has 5 heteroatoms. The second-order valence-electron chi connectivity index (χ2n) is 3.12. The zero-order valence-electron chi connectivity index (χ0n) is 7.68. The van der Waals surface area contributed by atoms with Crippen molar-refractivity contribution < 1.29 is 14.6 Å². The van der Waals surface area contributed by atoms with Crippen LogP contribution in [0.5, 0.6) is 0 Å². The van der Waals surface area contributed by atoms with E-state index >= 15 is 0 Å². The molecule has 1 unspecified atom stereocenters. The van der Waals surface area contributed by atoms with Gasteiger partial charge in [-0.15, -0.1) is 0 Å².